The molecule has 1 rings (SSSR count). The summed E-state index contributed by atoms with van der Waals surface area (Å²) in [4.78, 5) is 11.5. The molecule has 0 heterocycles. The minimum Gasteiger partial charge on any atom is -0.352 e. The molecule has 0 atom stereocenters. The van der Waals surface area contributed by atoms with Gasteiger partial charge < -0.3 is 10.6 Å². The summed E-state index contributed by atoms with van der Waals surface area (Å²) in [5.74, 6) is 1.14. The molecular formula is C13H26N2O. The Hall–Kier alpha value is -0.570. The van der Waals surface area contributed by atoms with E-state index in [1.807, 2.05) is 0 Å². The molecule has 0 aliphatic heterocycles. The Balaban J connectivity index is 1.91. The van der Waals surface area contributed by atoms with Crippen LogP contribution in [0.2, 0.25) is 0 Å². The van der Waals surface area contributed by atoms with Gasteiger partial charge in [0.2, 0.25) is 5.91 Å². The number of carbonyl (C=O) groups is 1. The predicted octanol–water partition coefficient (Wildman–Crippen LogP) is 2.07. The summed E-state index contributed by atoms with van der Waals surface area (Å²) >= 11 is 0. The molecule has 2 N–H and O–H groups in total. The molecule has 0 bridgehead atoms. The first-order chi connectivity index (χ1) is 7.76. The average Bonchev–Trinajstić information content (AvgIpc) is 3.09. The Labute approximate surface area is 99.4 Å². The first kappa shape index (κ1) is 13.5. The summed E-state index contributed by atoms with van der Waals surface area (Å²) in [7, 11) is 0. The highest BCUT2D eigenvalue weighted by molar-refractivity contribution is 5.78. The van der Waals surface area contributed by atoms with Crippen molar-refractivity contribution in [3.05, 3.63) is 0 Å². The van der Waals surface area contributed by atoms with Gasteiger partial charge in [-0.15, -0.1) is 0 Å². The van der Waals surface area contributed by atoms with Crippen molar-refractivity contribution in [1.82, 2.24) is 10.6 Å². The van der Waals surface area contributed by atoms with Crippen LogP contribution in [0.4, 0.5) is 0 Å². The SMILES string of the molecule is CCC(CC)NC(=O)CNCCCC1CC1. The van der Waals surface area contributed by atoms with Crippen LogP contribution in [-0.2, 0) is 4.79 Å². The fourth-order valence-corrected chi connectivity index (χ4v) is 1.90. The Morgan fingerprint density at radius 3 is 2.56 bits per heavy atom. The summed E-state index contributed by atoms with van der Waals surface area (Å²) in [5, 5.41) is 6.24. The van der Waals surface area contributed by atoms with Crippen LogP contribution in [0.25, 0.3) is 0 Å². The van der Waals surface area contributed by atoms with Gasteiger partial charge in [0.1, 0.15) is 0 Å². The largest absolute Gasteiger partial charge is 0.352 e. The van der Waals surface area contributed by atoms with Gasteiger partial charge in [0, 0.05) is 6.04 Å². The molecule has 0 aromatic rings. The normalized spacial score (nSPS) is 15.4. The van der Waals surface area contributed by atoms with Crippen LogP contribution >= 0.6 is 0 Å². The van der Waals surface area contributed by atoms with Crippen LogP contribution in [0.15, 0.2) is 0 Å². The molecule has 0 radical (unpaired) electrons. The Morgan fingerprint density at radius 1 is 1.31 bits per heavy atom. The molecule has 3 heteroatoms. The summed E-state index contributed by atoms with van der Waals surface area (Å²) in [5.41, 5.74) is 0. The molecular weight excluding hydrogens is 200 g/mol. The minimum absolute atomic E-state index is 0.139. The number of hydrogen-bond donors (Lipinski definition) is 2. The van der Waals surface area contributed by atoms with Gasteiger partial charge in [-0.3, -0.25) is 4.79 Å². The highest BCUT2D eigenvalue weighted by atomic mass is 16.1. The van der Waals surface area contributed by atoms with Crippen LogP contribution in [-0.4, -0.2) is 25.0 Å². The van der Waals surface area contributed by atoms with Gasteiger partial charge in [-0.05, 0) is 38.1 Å². The molecule has 1 fully saturated rings. The number of rotatable bonds is 9. The zero-order chi connectivity index (χ0) is 11.8. The van der Waals surface area contributed by atoms with Gasteiger partial charge in [-0.1, -0.05) is 26.7 Å². The van der Waals surface area contributed by atoms with E-state index in [0.29, 0.717) is 12.6 Å². The molecule has 0 spiro atoms. The molecule has 0 aromatic heterocycles. The van der Waals surface area contributed by atoms with Gasteiger partial charge in [0.05, 0.1) is 6.54 Å². The second kappa shape index (κ2) is 7.66. The third kappa shape index (κ3) is 6.11. The maximum atomic E-state index is 11.5. The molecule has 3 nitrogen and oxygen atoms in total. The van der Waals surface area contributed by atoms with Crippen LogP contribution in [0.3, 0.4) is 0 Å². The van der Waals surface area contributed by atoms with E-state index in [9.17, 15) is 4.79 Å². The van der Waals surface area contributed by atoms with Crippen molar-refractivity contribution in [2.45, 2.75) is 58.4 Å². The highest BCUT2D eigenvalue weighted by Crippen LogP contribution is 2.33. The van der Waals surface area contributed by atoms with Crippen LogP contribution in [0, 0.1) is 5.92 Å². The molecule has 0 saturated heterocycles. The summed E-state index contributed by atoms with van der Waals surface area (Å²) in [6, 6.07) is 0.348. The predicted molar refractivity (Wildman–Crippen MR) is 67.3 cm³/mol. The minimum atomic E-state index is 0.139. The number of amides is 1. The van der Waals surface area contributed by atoms with Crippen LogP contribution in [0.5, 0.6) is 0 Å². The molecule has 16 heavy (non-hydrogen) atoms. The van der Waals surface area contributed by atoms with Gasteiger partial charge in [0.25, 0.3) is 0 Å². The molecule has 0 aromatic carbocycles. The molecule has 1 amide bonds. The second-order valence-corrected chi connectivity index (χ2v) is 4.84. The monoisotopic (exact) mass is 226 g/mol. The van der Waals surface area contributed by atoms with Gasteiger partial charge in [-0.2, -0.15) is 0 Å². The number of carbonyl (C=O) groups excluding carboxylic acids is 1. The third-order valence-corrected chi connectivity index (χ3v) is 3.30. The fourth-order valence-electron chi connectivity index (χ4n) is 1.90. The second-order valence-electron chi connectivity index (χ2n) is 4.84. The average molecular weight is 226 g/mol. The van der Waals surface area contributed by atoms with E-state index in [4.69, 9.17) is 0 Å². The summed E-state index contributed by atoms with van der Waals surface area (Å²) in [6.45, 7) is 5.67. The van der Waals surface area contributed by atoms with Crippen molar-refractivity contribution < 1.29 is 4.79 Å². The lowest BCUT2D eigenvalue weighted by Gasteiger charge is -2.14. The van der Waals surface area contributed by atoms with E-state index < -0.39 is 0 Å². The van der Waals surface area contributed by atoms with Gasteiger partial charge >= 0.3 is 0 Å². The number of nitrogens with one attached hydrogen (secondary N) is 2. The lowest BCUT2D eigenvalue weighted by Crippen LogP contribution is -2.40. The topological polar surface area (TPSA) is 41.1 Å². The maximum absolute atomic E-state index is 11.5. The van der Waals surface area contributed by atoms with Crippen molar-refractivity contribution in [2.75, 3.05) is 13.1 Å². The number of hydrogen-bond acceptors (Lipinski definition) is 2. The first-order valence-corrected chi connectivity index (χ1v) is 6.76. The van der Waals surface area contributed by atoms with Gasteiger partial charge in [0.15, 0.2) is 0 Å². The van der Waals surface area contributed by atoms with Gasteiger partial charge in [-0.25, -0.2) is 0 Å². The van der Waals surface area contributed by atoms with E-state index in [1.165, 1.54) is 25.7 Å². The van der Waals surface area contributed by atoms with Crippen molar-refractivity contribution in [2.24, 2.45) is 5.92 Å². The van der Waals surface area contributed by atoms with Crippen molar-refractivity contribution in [3.8, 4) is 0 Å². The van der Waals surface area contributed by atoms with Crippen LogP contribution < -0.4 is 10.6 Å². The third-order valence-electron chi connectivity index (χ3n) is 3.30. The van der Waals surface area contributed by atoms with E-state index in [-0.39, 0.29) is 5.91 Å². The Morgan fingerprint density at radius 2 is 2.00 bits per heavy atom. The Bertz CT molecular complexity index is 198. The Kier molecular flexibility index (Phi) is 6.46. The van der Waals surface area contributed by atoms with E-state index in [2.05, 4.69) is 24.5 Å². The highest BCUT2D eigenvalue weighted by Gasteiger charge is 2.19. The lowest BCUT2D eigenvalue weighted by molar-refractivity contribution is -0.121. The maximum Gasteiger partial charge on any atom is 0.234 e. The van der Waals surface area contributed by atoms with Crippen LogP contribution in [0.1, 0.15) is 52.4 Å². The van der Waals surface area contributed by atoms with E-state index in [0.717, 1.165) is 25.3 Å². The molecule has 1 aliphatic carbocycles. The molecule has 94 valence electrons. The fraction of sp³-hybridized carbons (Fsp3) is 0.923. The zero-order valence-electron chi connectivity index (χ0n) is 10.7. The molecule has 1 aliphatic rings. The summed E-state index contributed by atoms with van der Waals surface area (Å²) < 4.78 is 0. The standard InChI is InChI=1S/C13H26N2O/c1-3-12(4-2)15-13(16)10-14-9-5-6-11-7-8-11/h11-12,14H,3-10H2,1-2H3,(H,15,16). The van der Waals surface area contributed by atoms with Crippen molar-refractivity contribution in [1.29, 1.82) is 0 Å². The van der Waals surface area contributed by atoms with Crippen molar-refractivity contribution >= 4 is 5.91 Å². The molecule has 1 saturated carbocycles. The van der Waals surface area contributed by atoms with Crippen molar-refractivity contribution in [3.63, 3.8) is 0 Å². The molecule has 0 unspecified atom stereocenters. The lowest BCUT2D eigenvalue weighted by atomic mass is 10.2. The van der Waals surface area contributed by atoms with E-state index >= 15 is 0 Å². The zero-order valence-corrected chi connectivity index (χ0v) is 10.7. The first-order valence-electron chi connectivity index (χ1n) is 6.76. The van der Waals surface area contributed by atoms with E-state index in [1.54, 1.807) is 0 Å². The summed E-state index contributed by atoms with van der Waals surface area (Å²) in [6.07, 6.45) is 7.43. The smallest absolute Gasteiger partial charge is 0.234 e. The quantitative estimate of drug-likeness (QED) is 0.591.